The zero-order valence-corrected chi connectivity index (χ0v) is 43.8. The summed E-state index contributed by atoms with van der Waals surface area (Å²) in [6.07, 6.45) is 0.443. The van der Waals surface area contributed by atoms with Gasteiger partial charge in [-0.3, -0.25) is 63.1 Å². The summed E-state index contributed by atoms with van der Waals surface area (Å²) in [5.74, 6) is -8.58. The van der Waals surface area contributed by atoms with Crippen LogP contribution < -0.4 is 94.6 Å². The monoisotopic (exact) mass is 1130 g/mol. The molecule has 0 heterocycles. The van der Waals surface area contributed by atoms with E-state index in [1.807, 2.05) is 0 Å². The maximum Gasteiger partial charge on any atom is 0.321 e. The van der Waals surface area contributed by atoms with Crippen LogP contribution in [0.4, 0.5) is 0 Å². The second kappa shape index (κ2) is 37.3. The molecule has 0 aromatic rings. The van der Waals surface area contributed by atoms with Crippen LogP contribution in [0.25, 0.3) is 0 Å². The fourth-order valence-corrected chi connectivity index (χ4v) is 8.02. The minimum Gasteiger partial charge on any atom is -0.480 e. The molecule has 8 amide bonds. The average molecular weight is 1130 g/mol. The third-order valence-corrected chi connectivity index (χ3v) is 11.9. The first-order valence-corrected chi connectivity index (χ1v) is 24.6. The van der Waals surface area contributed by atoms with E-state index in [1.165, 1.54) is 20.8 Å². The highest BCUT2D eigenvalue weighted by atomic mass is 79.9. The Labute approximate surface area is 434 Å². The summed E-state index contributed by atoms with van der Waals surface area (Å²) < 4.78 is 0. The number of hydrogen-bond acceptors (Lipinski definition) is 16. The Hall–Kier alpha value is -6.55. The van der Waals surface area contributed by atoms with E-state index in [9.17, 15) is 43.2 Å². The van der Waals surface area contributed by atoms with Gasteiger partial charge in [0.05, 0.1) is 0 Å². The number of halogens is 1. The Morgan fingerprint density at radius 3 is 1.06 bits per heavy atom. The van der Waals surface area contributed by atoms with E-state index in [1.54, 1.807) is 0 Å². The molecule has 0 saturated carbocycles. The fourth-order valence-electron chi connectivity index (χ4n) is 5.74. The van der Waals surface area contributed by atoms with Crippen molar-refractivity contribution in [3.63, 3.8) is 0 Å². The maximum atomic E-state index is 14.1. The standard InChI is InChI=1S/C38H73N21O10S2.BrH/c1-18(28(62)56-22(27(40)61)8-4-12-49-35(41)42)53-30(64)23(9-5-13-50-36(43)44)58-32(66)25(11-7-15-52-38(47)48)59-31(65)24(10-6-14-51-37(45)46)57-29(63)19(2)54-33(67)26(55-20(3)60)17-71-70-16-21(39)34(68)69;/h18-19,21-26H,4-17,39H2,1-3H3,(H2,40,61)(H,53,64)(H,54,67)(H,55,60)(H,56,62)(H,57,63)(H,58,66)(H,59,65)(H,68,69)(H4,41,42,49)(H4,43,44,50)(H4,45,46,51)(H4,47,48,52);1H/t18-,19-,21+,22-,23-,24-,25-,26-;/m1./s1. The first-order valence-electron chi connectivity index (χ1n) is 22.1. The quantitative estimate of drug-likeness (QED) is 0.0120. The second-order valence-corrected chi connectivity index (χ2v) is 18.2. The Morgan fingerprint density at radius 2 is 0.736 bits per heavy atom. The van der Waals surface area contributed by atoms with Gasteiger partial charge in [0.25, 0.3) is 0 Å². The Kier molecular flexibility index (Phi) is 34.9. The highest BCUT2D eigenvalue weighted by Crippen LogP contribution is 2.23. The zero-order valence-electron chi connectivity index (χ0n) is 40.4. The predicted molar refractivity (Wildman–Crippen MR) is 280 cm³/mol. The number of hydrogen-bond donors (Lipinski definition) is 18. The van der Waals surface area contributed by atoms with Crippen molar-refractivity contribution in [2.24, 2.45) is 77.3 Å². The molecule has 0 fully saturated rings. The van der Waals surface area contributed by atoms with Gasteiger partial charge < -0.3 is 99.7 Å². The lowest BCUT2D eigenvalue weighted by Crippen LogP contribution is -2.59. The number of carboxylic acid groups (broad SMARTS) is 1. The van der Waals surface area contributed by atoms with Gasteiger partial charge in [0.15, 0.2) is 23.8 Å². The van der Waals surface area contributed by atoms with Gasteiger partial charge in [-0.05, 0) is 65.2 Å². The van der Waals surface area contributed by atoms with Crippen LogP contribution in [0.2, 0.25) is 0 Å². The van der Waals surface area contributed by atoms with Gasteiger partial charge in [0, 0.05) is 44.6 Å². The fraction of sp³-hybridized carbons (Fsp3) is 0.658. The van der Waals surface area contributed by atoms with Crippen LogP contribution in [0.3, 0.4) is 0 Å². The first kappa shape index (κ1) is 67.5. The SMILES string of the molecule is Br.CC(=O)N[C@H](CSSC[C@H](N)C(=O)O)C(=O)N[C@H](C)C(=O)N[C@H](CCCN=C(N)N)C(=O)N[C@H](CCCN=C(N)N)C(=O)N[C@H](CCCN=C(N)N)C(=O)N[C@H](C)C(=O)N[C@H](CCCN=C(N)N)C(N)=O. The first-order chi connectivity index (χ1) is 33.2. The lowest BCUT2D eigenvalue weighted by atomic mass is 10.0. The maximum absolute atomic E-state index is 14.1. The van der Waals surface area contributed by atoms with Gasteiger partial charge in [-0.2, -0.15) is 0 Å². The summed E-state index contributed by atoms with van der Waals surface area (Å²) in [5.41, 5.74) is 54.4. The van der Waals surface area contributed by atoms with Crippen LogP contribution in [-0.4, -0.2) is 168 Å². The number of guanidine groups is 4. The molecule has 410 valence electrons. The number of nitrogens with two attached hydrogens (primary N) is 10. The molecule has 0 spiro atoms. The van der Waals surface area contributed by atoms with Crippen LogP contribution in [0.1, 0.15) is 72.1 Å². The molecule has 0 radical (unpaired) electrons. The lowest BCUT2D eigenvalue weighted by molar-refractivity contribution is -0.138. The molecule has 28 N–H and O–H groups in total. The van der Waals surface area contributed by atoms with Gasteiger partial charge in [-0.1, -0.05) is 21.6 Å². The summed E-state index contributed by atoms with van der Waals surface area (Å²) >= 11 is 0. The number of rotatable bonds is 36. The lowest BCUT2D eigenvalue weighted by Gasteiger charge is -2.27. The molecule has 72 heavy (non-hydrogen) atoms. The molecule has 0 aliphatic rings. The van der Waals surface area contributed by atoms with Crippen LogP contribution in [0.15, 0.2) is 20.0 Å². The number of carbonyl (C=O) groups excluding carboxylic acids is 8. The zero-order chi connectivity index (χ0) is 54.2. The van der Waals surface area contributed by atoms with E-state index in [0.29, 0.717) is 0 Å². The summed E-state index contributed by atoms with van der Waals surface area (Å²) in [7, 11) is 2.12. The molecule has 0 bridgehead atoms. The van der Waals surface area contributed by atoms with Crippen molar-refractivity contribution in [3.8, 4) is 0 Å². The van der Waals surface area contributed by atoms with Crippen molar-refractivity contribution in [1.29, 1.82) is 0 Å². The van der Waals surface area contributed by atoms with E-state index >= 15 is 0 Å². The van der Waals surface area contributed by atoms with Gasteiger partial charge >= 0.3 is 5.97 Å². The molecule has 8 atom stereocenters. The third kappa shape index (κ3) is 31.6. The number of carbonyl (C=O) groups is 9. The van der Waals surface area contributed by atoms with Gasteiger partial charge in [0.1, 0.15) is 48.3 Å². The van der Waals surface area contributed by atoms with Gasteiger partial charge in [-0.15, -0.1) is 17.0 Å². The molecule has 34 heteroatoms. The van der Waals surface area contributed by atoms with Gasteiger partial charge in [-0.25, -0.2) is 0 Å². The highest BCUT2D eigenvalue weighted by molar-refractivity contribution is 8.93. The number of nitrogens with one attached hydrogen (secondary N) is 7. The highest BCUT2D eigenvalue weighted by Gasteiger charge is 2.32. The molecule has 0 aromatic heterocycles. The molecule has 0 aliphatic heterocycles. The van der Waals surface area contributed by atoms with Crippen LogP contribution >= 0.6 is 38.6 Å². The van der Waals surface area contributed by atoms with Gasteiger partial charge in [0.2, 0.25) is 47.3 Å². The van der Waals surface area contributed by atoms with Crippen LogP contribution in [0, 0.1) is 0 Å². The number of primary amides is 1. The van der Waals surface area contributed by atoms with E-state index in [-0.39, 0.29) is 130 Å². The number of aliphatic imine (C=N–C) groups is 4. The van der Waals surface area contributed by atoms with E-state index in [0.717, 1.165) is 21.6 Å². The number of nitrogens with zero attached hydrogens (tertiary/aromatic N) is 4. The predicted octanol–water partition coefficient (Wildman–Crippen LogP) is -7.49. The molecular formula is C38H74BrN21O10S2. The van der Waals surface area contributed by atoms with E-state index in [4.69, 9.17) is 62.4 Å². The molecule has 31 nitrogen and oxygen atoms in total. The molecule has 0 rings (SSSR count). The normalized spacial score (nSPS) is 13.8. The van der Waals surface area contributed by atoms with E-state index < -0.39 is 102 Å². The average Bonchev–Trinajstić information content (AvgIpc) is 3.27. The Bertz CT molecular complexity index is 1920. The smallest absolute Gasteiger partial charge is 0.321 e. The van der Waals surface area contributed by atoms with Crippen molar-refractivity contribution in [2.45, 2.75) is 120 Å². The third-order valence-electron chi connectivity index (χ3n) is 9.42. The number of aliphatic carboxylic acids is 1. The number of carboxylic acids is 1. The van der Waals surface area contributed by atoms with Crippen molar-refractivity contribution in [1.82, 2.24) is 37.2 Å². The summed E-state index contributed by atoms with van der Waals surface area (Å²) in [6.45, 7) is 4.04. The van der Waals surface area contributed by atoms with Crippen LogP contribution in [0.5, 0.6) is 0 Å². The topological polar surface area (TPSA) is 568 Å². The molecule has 0 saturated heterocycles. The molecule has 0 aliphatic carbocycles. The van der Waals surface area contributed by atoms with Crippen molar-refractivity contribution >= 4 is 116 Å². The Morgan fingerprint density at radius 1 is 0.444 bits per heavy atom. The minimum atomic E-state index is -1.41. The second-order valence-electron chi connectivity index (χ2n) is 15.7. The summed E-state index contributed by atoms with van der Waals surface area (Å²) in [6, 6.07) is -10.2. The summed E-state index contributed by atoms with van der Waals surface area (Å²) in [4.78, 5) is 133. The minimum absolute atomic E-state index is 0. The van der Waals surface area contributed by atoms with E-state index in [2.05, 4.69) is 57.2 Å². The molecule has 0 unspecified atom stereocenters. The molecule has 0 aromatic carbocycles. The van der Waals surface area contributed by atoms with Crippen molar-refractivity contribution in [2.75, 3.05) is 37.7 Å². The summed E-state index contributed by atoms with van der Waals surface area (Å²) in [5, 5.41) is 26.7. The number of amides is 8. The Balaban J connectivity index is 0. The van der Waals surface area contributed by atoms with Crippen molar-refractivity contribution < 1.29 is 48.3 Å². The largest absolute Gasteiger partial charge is 0.480 e. The van der Waals surface area contributed by atoms with Crippen molar-refractivity contribution in [3.05, 3.63) is 0 Å². The molecular weight excluding hydrogens is 1050 g/mol. The van der Waals surface area contributed by atoms with Crippen LogP contribution in [-0.2, 0) is 43.2 Å².